The lowest BCUT2D eigenvalue weighted by Gasteiger charge is -2.20. The highest BCUT2D eigenvalue weighted by atomic mass is 16.1. The molecule has 5 heteroatoms. The van der Waals surface area contributed by atoms with Gasteiger partial charge in [-0.05, 0) is 51.5 Å². The zero-order valence-electron chi connectivity index (χ0n) is 16.1. The molecule has 0 aliphatic carbocycles. The highest BCUT2D eigenvalue weighted by molar-refractivity contribution is 5.95. The van der Waals surface area contributed by atoms with Gasteiger partial charge in [0.15, 0.2) is 0 Å². The fourth-order valence-corrected chi connectivity index (χ4v) is 2.65. The van der Waals surface area contributed by atoms with Gasteiger partial charge in [0.1, 0.15) is 0 Å². The van der Waals surface area contributed by atoms with Crippen LogP contribution in [0.15, 0.2) is 60.9 Å². The summed E-state index contributed by atoms with van der Waals surface area (Å²) in [6.07, 6.45) is 3.58. The number of hydrogen-bond acceptors (Lipinski definition) is 4. The Bertz CT molecular complexity index is 943. The molecule has 0 aliphatic heterocycles. The molecule has 1 heterocycles. The maximum atomic E-state index is 12.3. The standard InChI is InChI=1S/C22H24N4O/c1-15-7-5-8-16(11-15)18-13-23-21(24-14-18)25-19-10-6-9-17(12-19)20(27)26-22(2,3)4/h5-14H,1-4H3,(H,26,27)(H,23,24,25). The number of nitrogens with one attached hydrogen (secondary N) is 2. The average Bonchev–Trinajstić information content (AvgIpc) is 2.61. The van der Waals surface area contributed by atoms with Crippen LogP contribution in [-0.2, 0) is 0 Å². The van der Waals surface area contributed by atoms with Gasteiger partial charge in [0.25, 0.3) is 5.91 Å². The maximum Gasteiger partial charge on any atom is 0.251 e. The lowest BCUT2D eigenvalue weighted by atomic mass is 10.1. The Hall–Kier alpha value is -3.21. The Morgan fingerprint density at radius 3 is 2.30 bits per heavy atom. The Labute approximate surface area is 159 Å². The van der Waals surface area contributed by atoms with Gasteiger partial charge in [-0.25, -0.2) is 9.97 Å². The van der Waals surface area contributed by atoms with Crippen LogP contribution in [0.5, 0.6) is 0 Å². The highest BCUT2D eigenvalue weighted by Gasteiger charge is 2.15. The highest BCUT2D eigenvalue weighted by Crippen LogP contribution is 2.21. The van der Waals surface area contributed by atoms with Gasteiger partial charge in [-0.2, -0.15) is 0 Å². The Kier molecular flexibility index (Phi) is 5.21. The van der Waals surface area contributed by atoms with E-state index in [1.54, 1.807) is 24.5 Å². The summed E-state index contributed by atoms with van der Waals surface area (Å²) in [5, 5.41) is 6.11. The van der Waals surface area contributed by atoms with E-state index < -0.39 is 0 Å². The molecule has 0 unspecified atom stereocenters. The Balaban J connectivity index is 1.74. The van der Waals surface area contributed by atoms with E-state index in [9.17, 15) is 4.79 Å². The predicted octanol–water partition coefficient (Wildman–Crippen LogP) is 4.72. The number of anilines is 2. The molecule has 1 amide bonds. The number of aromatic nitrogens is 2. The van der Waals surface area contributed by atoms with Crippen molar-refractivity contribution in [1.29, 1.82) is 0 Å². The van der Waals surface area contributed by atoms with E-state index >= 15 is 0 Å². The summed E-state index contributed by atoms with van der Waals surface area (Å²) in [4.78, 5) is 21.1. The van der Waals surface area contributed by atoms with Crippen molar-refractivity contribution in [3.8, 4) is 11.1 Å². The average molecular weight is 360 g/mol. The first-order chi connectivity index (χ1) is 12.8. The number of carbonyl (C=O) groups is 1. The van der Waals surface area contributed by atoms with Crippen LogP contribution in [0.2, 0.25) is 0 Å². The number of carbonyl (C=O) groups excluding carboxylic acids is 1. The topological polar surface area (TPSA) is 66.9 Å². The minimum absolute atomic E-state index is 0.109. The van der Waals surface area contributed by atoms with Crippen LogP contribution in [-0.4, -0.2) is 21.4 Å². The van der Waals surface area contributed by atoms with E-state index in [-0.39, 0.29) is 11.4 Å². The van der Waals surface area contributed by atoms with Crippen molar-refractivity contribution in [3.63, 3.8) is 0 Å². The number of aryl methyl sites for hydroxylation is 1. The lowest BCUT2D eigenvalue weighted by Crippen LogP contribution is -2.40. The summed E-state index contributed by atoms with van der Waals surface area (Å²) in [6, 6.07) is 15.5. The number of nitrogens with zero attached hydrogens (tertiary/aromatic N) is 2. The minimum atomic E-state index is -0.282. The number of amides is 1. The molecule has 0 bridgehead atoms. The normalized spacial score (nSPS) is 11.1. The first-order valence-corrected chi connectivity index (χ1v) is 8.89. The van der Waals surface area contributed by atoms with E-state index in [1.165, 1.54) is 5.56 Å². The van der Waals surface area contributed by atoms with Gasteiger partial charge in [0, 0.05) is 34.7 Å². The molecule has 27 heavy (non-hydrogen) atoms. The molecule has 1 aromatic heterocycles. The number of hydrogen-bond donors (Lipinski definition) is 2. The molecular formula is C22H24N4O. The Morgan fingerprint density at radius 1 is 0.926 bits per heavy atom. The van der Waals surface area contributed by atoms with Crippen LogP contribution in [0, 0.1) is 6.92 Å². The Morgan fingerprint density at radius 2 is 1.63 bits per heavy atom. The quantitative estimate of drug-likeness (QED) is 0.706. The summed E-state index contributed by atoms with van der Waals surface area (Å²) < 4.78 is 0. The predicted molar refractivity (Wildman–Crippen MR) is 109 cm³/mol. The first kappa shape index (κ1) is 18.6. The molecule has 3 rings (SSSR count). The zero-order valence-corrected chi connectivity index (χ0v) is 16.1. The molecule has 0 saturated carbocycles. The third kappa shape index (κ3) is 5.14. The second-order valence-corrected chi connectivity index (χ2v) is 7.57. The summed E-state index contributed by atoms with van der Waals surface area (Å²) in [5.74, 6) is 0.377. The monoisotopic (exact) mass is 360 g/mol. The van der Waals surface area contributed by atoms with E-state index in [4.69, 9.17) is 0 Å². The number of rotatable bonds is 4. The second-order valence-electron chi connectivity index (χ2n) is 7.57. The van der Waals surface area contributed by atoms with Gasteiger partial charge < -0.3 is 10.6 Å². The summed E-state index contributed by atoms with van der Waals surface area (Å²) in [6.45, 7) is 7.92. The van der Waals surface area contributed by atoms with Gasteiger partial charge in [-0.15, -0.1) is 0 Å². The summed E-state index contributed by atoms with van der Waals surface area (Å²) in [5.41, 5.74) is 4.31. The number of benzene rings is 2. The molecule has 0 fully saturated rings. The molecule has 2 N–H and O–H groups in total. The van der Waals surface area contributed by atoms with Crippen LogP contribution in [0.1, 0.15) is 36.7 Å². The summed E-state index contributed by atoms with van der Waals surface area (Å²) >= 11 is 0. The fourth-order valence-electron chi connectivity index (χ4n) is 2.65. The third-order valence-corrected chi connectivity index (χ3v) is 3.87. The lowest BCUT2D eigenvalue weighted by molar-refractivity contribution is 0.0919. The van der Waals surface area contributed by atoms with Crippen molar-refractivity contribution in [3.05, 3.63) is 72.1 Å². The maximum absolute atomic E-state index is 12.3. The van der Waals surface area contributed by atoms with Crippen LogP contribution in [0.3, 0.4) is 0 Å². The molecule has 0 radical (unpaired) electrons. The molecule has 138 valence electrons. The SMILES string of the molecule is Cc1cccc(-c2cnc(Nc3cccc(C(=O)NC(C)(C)C)c3)nc2)c1. The van der Waals surface area contributed by atoms with Crippen LogP contribution in [0.25, 0.3) is 11.1 Å². The zero-order chi connectivity index (χ0) is 19.4. The van der Waals surface area contributed by atoms with Gasteiger partial charge in [0.05, 0.1) is 0 Å². The van der Waals surface area contributed by atoms with Crippen LogP contribution in [0.4, 0.5) is 11.6 Å². The molecule has 2 aromatic carbocycles. The van der Waals surface area contributed by atoms with Crippen LogP contribution < -0.4 is 10.6 Å². The van der Waals surface area contributed by atoms with E-state index in [0.29, 0.717) is 11.5 Å². The molecule has 0 aliphatic rings. The van der Waals surface area contributed by atoms with Crippen molar-refractivity contribution in [2.24, 2.45) is 0 Å². The van der Waals surface area contributed by atoms with Crippen molar-refractivity contribution >= 4 is 17.5 Å². The van der Waals surface area contributed by atoms with Crippen molar-refractivity contribution in [2.75, 3.05) is 5.32 Å². The van der Waals surface area contributed by atoms with E-state index in [1.807, 2.05) is 45.0 Å². The molecule has 0 spiro atoms. The minimum Gasteiger partial charge on any atom is -0.347 e. The van der Waals surface area contributed by atoms with Crippen molar-refractivity contribution < 1.29 is 4.79 Å². The largest absolute Gasteiger partial charge is 0.347 e. The first-order valence-electron chi connectivity index (χ1n) is 8.89. The van der Waals surface area contributed by atoms with E-state index in [2.05, 4.69) is 39.7 Å². The molecule has 3 aromatic rings. The van der Waals surface area contributed by atoms with E-state index in [0.717, 1.165) is 16.8 Å². The smallest absolute Gasteiger partial charge is 0.251 e. The van der Waals surface area contributed by atoms with Gasteiger partial charge in [-0.3, -0.25) is 4.79 Å². The van der Waals surface area contributed by atoms with Crippen LogP contribution >= 0.6 is 0 Å². The van der Waals surface area contributed by atoms with Crippen molar-refractivity contribution in [2.45, 2.75) is 33.2 Å². The van der Waals surface area contributed by atoms with Gasteiger partial charge >= 0.3 is 0 Å². The van der Waals surface area contributed by atoms with Gasteiger partial charge in [-0.1, -0.05) is 35.9 Å². The molecule has 0 saturated heterocycles. The third-order valence-electron chi connectivity index (χ3n) is 3.87. The summed E-state index contributed by atoms with van der Waals surface area (Å²) in [7, 11) is 0. The molecule has 0 atom stereocenters. The molecular weight excluding hydrogens is 336 g/mol. The van der Waals surface area contributed by atoms with Gasteiger partial charge in [0.2, 0.25) is 5.95 Å². The van der Waals surface area contributed by atoms with Crippen molar-refractivity contribution in [1.82, 2.24) is 15.3 Å². The second kappa shape index (κ2) is 7.58. The fraction of sp³-hybridized carbons (Fsp3) is 0.227. The molecule has 5 nitrogen and oxygen atoms in total.